The van der Waals surface area contributed by atoms with Gasteiger partial charge in [0.05, 0.1) is 31.4 Å². The summed E-state index contributed by atoms with van der Waals surface area (Å²) in [5.74, 6) is 2.28. The molecule has 2 unspecified atom stereocenters. The van der Waals surface area contributed by atoms with Gasteiger partial charge in [-0.05, 0) is 25.0 Å². The SMILES string of the molecule is C#CCOC1CCN(C(=O)O)C(c2ccc(C(=O)OC)cc2OCCCO)C1. The van der Waals surface area contributed by atoms with Crippen LogP contribution in [0.1, 0.15) is 41.2 Å². The second kappa shape index (κ2) is 10.5. The Bertz CT molecular complexity index is 728. The Morgan fingerprint density at radius 2 is 2.18 bits per heavy atom. The Morgan fingerprint density at radius 1 is 1.39 bits per heavy atom. The topological polar surface area (TPSA) is 106 Å². The average molecular weight is 391 g/mol. The summed E-state index contributed by atoms with van der Waals surface area (Å²) < 4.78 is 16.1. The molecule has 0 radical (unpaired) electrons. The summed E-state index contributed by atoms with van der Waals surface area (Å²) >= 11 is 0. The molecule has 1 aliphatic heterocycles. The molecular weight excluding hydrogens is 366 g/mol. The van der Waals surface area contributed by atoms with Crippen LogP contribution in [0.4, 0.5) is 4.79 Å². The van der Waals surface area contributed by atoms with E-state index in [4.69, 9.17) is 25.7 Å². The number of hydrogen-bond donors (Lipinski definition) is 2. The summed E-state index contributed by atoms with van der Waals surface area (Å²) in [6.07, 6.45) is 5.40. The number of carboxylic acid groups (broad SMARTS) is 1. The lowest BCUT2D eigenvalue weighted by atomic mass is 9.92. The predicted molar refractivity (Wildman–Crippen MR) is 100 cm³/mol. The highest BCUT2D eigenvalue weighted by molar-refractivity contribution is 5.90. The van der Waals surface area contributed by atoms with Crippen molar-refractivity contribution in [3.05, 3.63) is 29.3 Å². The predicted octanol–water partition coefficient (Wildman–Crippen LogP) is 2.07. The van der Waals surface area contributed by atoms with E-state index >= 15 is 0 Å². The highest BCUT2D eigenvalue weighted by atomic mass is 16.5. The fourth-order valence-corrected chi connectivity index (χ4v) is 3.20. The van der Waals surface area contributed by atoms with Crippen molar-refractivity contribution in [1.29, 1.82) is 0 Å². The number of hydrogen-bond acceptors (Lipinski definition) is 6. The molecule has 8 heteroatoms. The van der Waals surface area contributed by atoms with Gasteiger partial charge in [-0.25, -0.2) is 9.59 Å². The second-order valence-corrected chi connectivity index (χ2v) is 6.32. The first-order valence-electron chi connectivity index (χ1n) is 9.02. The number of esters is 1. The van der Waals surface area contributed by atoms with E-state index in [0.29, 0.717) is 42.7 Å². The van der Waals surface area contributed by atoms with Crippen LogP contribution in [-0.4, -0.2) is 66.8 Å². The van der Waals surface area contributed by atoms with Gasteiger partial charge in [-0.2, -0.15) is 0 Å². The number of piperidine rings is 1. The molecule has 2 atom stereocenters. The molecular formula is C20H25NO7. The van der Waals surface area contributed by atoms with Crippen molar-refractivity contribution >= 4 is 12.1 Å². The van der Waals surface area contributed by atoms with E-state index in [1.54, 1.807) is 12.1 Å². The number of aliphatic hydroxyl groups is 1. The number of carbonyl (C=O) groups excluding carboxylic acids is 1. The summed E-state index contributed by atoms with van der Waals surface area (Å²) in [6.45, 7) is 0.638. The molecule has 2 rings (SSSR count). The zero-order valence-corrected chi connectivity index (χ0v) is 15.8. The van der Waals surface area contributed by atoms with Crippen LogP contribution in [0.3, 0.4) is 0 Å². The number of ether oxygens (including phenoxy) is 3. The molecule has 0 spiro atoms. The Hall–Kier alpha value is -2.76. The number of benzene rings is 1. The number of terminal acetylenes is 1. The number of methoxy groups -OCH3 is 1. The fourth-order valence-electron chi connectivity index (χ4n) is 3.20. The fraction of sp³-hybridized carbons (Fsp3) is 0.500. The quantitative estimate of drug-likeness (QED) is 0.397. The van der Waals surface area contributed by atoms with Gasteiger partial charge in [0, 0.05) is 25.1 Å². The number of likely N-dealkylation sites (tertiary alicyclic amines) is 1. The van der Waals surface area contributed by atoms with Crippen molar-refractivity contribution in [1.82, 2.24) is 4.90 Å². The van der Waals surface area contributed by atoms with Gasteiger partial charge in [0.25, 0.3) is 0 Å². The molecule has 0 aromatic heterocycles. The molecule has 0 aliphatic carbocycles. The van der Waals surface area contributed by atoms with E-state index in [-0.39, 0.29) is 25.9 Å². The maximum Gasteiger partial charge on any atom is 0.407 e. The van der Waals surface area contributed by atoms with E-state index in [1.165, 1.54) is 18.1 Å². The summed E-state index contributed by atoms with van der Waals surface area (Å²) in [7, 11) is 1.28. The molecule has 152 valence electrons. The minimum atomic E-state index is -1.04. The van der Waals surface area contributed by atoms with Crippen molar-refractivity contribution in [2.24, 2.45) is 0 Å². The first kappa shape index (κ1) is 21.5. The van der Waals surface area contributed by atoms with Crippen LogP contribution >= 0.6 is 0 Å². The van der Waals surface area contributed by atoms with Gasteiger partial charge in [-0.15, -0.1) is 6.42 Å². The van der Waals surface area contributed by atoms with Crippen molar-refractivity contribution in [2.45, 2.75) is 31.4 Å². The number of amides is 1. The van der Waals surface area contributed by atoms with Gasteiger partial charge >= 0.3 is 12.1 Å². The Labute approximate surface area is 164 Å². The third-order valence-corrected chi connectivity index (χ3v) is 4.56. The summed E-state index contributed by atoms with van der Waals surface area (Å²) in [5, 5.41) is 18.6. The van der Waals surface area contributed by atoms with Crippen LogP contribution in [0, 0.1) is 12.3 Å². The Kier molecular flexibility index (Phi) is 8.11. The molecule has 28 heavy (non-hydrogen) atoms. The first-order valence-corrected chi connectivity index (χ1v) is 9.02. The van der Waals surface area contributed by atoms with Gasteiger partial charge in [-0.3, -0.25) is 0 Å². The smallest absolute Gasteiger partial charge is 0.407 e. The van der Waals surface area contributed by atoms with Crippen LogP contribution in [0.15, 0.2) is 18.2 Å². The van der Waals surface area contributed by atoms with Crippen LogP contribution < -0.4 is 4.74 Å². The highest BCUT2D eigenvalue weighted by Gasteiger charge is 2.35. The highest BCUT2D eigenvalue weighted by Crippen LogP contribution is 2.38. The number of rotatable bonds is 8. The van der Waals surface area contributed by atoms with Crippen LogP contribution in [0.25, 0.3) is 0 Å². The van der Waals surface area contributed by atoms with Crippen molar-refractivity contribution < 1.29 is 34.0 Å². The van der Waals surface area contributed by atoms with E-state index in [2.05, 4.69) is 5.92 Å². The first-order chi connectivity index (χ1) is 13.5. The normalized spacial score (nSPS) is 19.0. The molecule has 1 aromatic carbocycles. The molecule has 1 amide bonds. The number of carbonyl (C=O) groups is 2. The Morgan fingerprint density at radius 3 is 2.82 bits per heavy atom. The number of nitrogens with zero attached hydrogens (tertiary/aromatic N) is 1. The van der Waals surface area contributed by atoms with E-state index in [0.717, 1.165) is 0 Å². The lowest BCUT2D eigenvalue weighted by Gasteiger charge is -2.38. The van der Waals surface area contributed by atoms with Crippen molar-refractivity contribution in [2.75, 3.05) is 33.5 Å². The minimum absolute atomic E-state index is 0.0429. The third kappa shape index (κ3) is 5.38. The van der Waals surface area contributed by atoms with Gasteiger partial charge in [0.2, 0.25) is 0 Å². The second-order valence-electron chi connectivity index (χ2n) is 6.32. The van der Waals surface area contributed by atoms with Crippen molar-refractivity contribution in [3.63, 3.8) is 0 Å². The molecule has 1 fully saturated rings. The molecule has 1 aliphatic rings. The largest absolute Gasteiger partial charge is 0.493 e. The van der Waals surface area contributed by atoms with Crippen LogP contribution in [0.5, 0.6) is 5.75 Å². The monoisotopic (exact) mass is 391 g/mol. The lowest BCUT2D eigenvalue weighted by Crippen LogP contribution is -2.42. The molecule has 1 aromatic rings. The molecule has 1 saturated heterocycles. The Balaban J connectivity index is 2.36. The maximum absolute atomic E-state index is 11.9. The van der Waals surface area contributed by atoms with Crippen LogP contribution in [0.2, 0.25) is 0 Å². The molecule has 0 bridgehead atoms. The lowest BCUT2D eigenvalue weighted by molar-refractivity contribution is 0.00154. The zero-order valence-electron chi connectivity index (χ0n) is 15.8. The zero-order chi connectivity index (χ0) is 20.5. The van der Waals surface area contributed by atoms with E-state index in [9.17, 15) is 14.7 Å². The van der Waals surface area contributed by atoms with Gasteiger partial charge in [0.15, 0.2) is 0 Å². The summed E-state index contributed by atoms with van der Waals surface area (Å²) in [5.41, 5.74) is 0.921. The number of aliphatic hydroxyl groups excluding tert-OH is 1. The molecule has 1 heterocycles. The maximum atomic E-state index is 11.9. The standard InChI is InChI=1S/C20H25NO7/c1-3-10-27-15-7-8-21(20(24)25)17(13-15)16-6-5-14(19(23)26-2)12-18(16)28-11-4-9-22/h1,5-6,12,15,17,22H,4,7-11,13H2,2H3,(H,24,25). The summed E-state index contributed by atoms with van der Waals surface area (Å²) in [4.78, 5) is 25.0. The third-order valence-electron chi connectivity index (χ3n) is 4.56. The summed E-state index contributed by atoms with van der Waals surface area (Å²) in [6, 6.07) is 4.27. The van der Waals surface area contributed by atoms with E-state index < -0.39 is 18.1 Å². The van der Waals surface area contributed by atoms with Gasteiger partial charge in [0.1, 0.15) is 12.4 Å². The van der Waals surface area contributed by atoms with Crippen molar-refractivity contribution in [3.8, 4) is 18.1 Å². The molecule has 8 nitrogen and oxygen atoms in total. The minimum Gasteiger partial charge on any atom is -0.493 e. The van der Waals surface area contributed by atoms with Gasteiger partial charge < -0.3 is 29.3 Å². The van der Waals surface area contributed by atoms with Crippen LogP contribution in [-0.2, 0) is 9.47 Å². The van der Waals surface area contributed by atoms with Gasteiger partial charge in [-0.1, -0.05) is 12.0 Å². The van der Waals surface area contributed by atoms with E-state index in [1.807, 2.05) is 0 Å². The average Bonchev–Trinajstić information content (AvgIpc) is 2.71. The molecule has 0 saturated carbocycles. The molecule has 2 N–H and O–H groups in total.